The van der Waals surface area contributed by atoms with Gasteiger partial charge in [-0.25, -0.2) is 4.39 Å². The molecule has 0 aliphatic carbocycles. The van der Waals surface area contributed by atoms with Gasteiger partial charge in [-0.2, -0.15) is 0 Å². The van der Waals surface area contributed by atoms with Crippen molar-refractivity contribution in [1.29, 1.82) is 0 Å². The fraction of sp³-hybridized carbons (Fsp3) is 0.692. The van der Waals surface area contributed by atoms with E-state index in [0.29, 0.717) is 0 Å². The van der Waals surface area contributed by atoms with Crippen molar-refractivity contribution in [3.63, 3.8) is 0 Å². The third kappa shape index (κ3) is 3.73. The Labute approximate surface area is 114 Å². The van der Waals surface area contributed by atoms with Gasteiger partial charge >= 0.3 is 13.9 Å². The van der Waals surface area contributed by atoms with Crippen LogP contribution >= 0.6 is 0 Å². The number of carbonyl (C=O) groups excluding carboxylic acids is 2. The molecule has 6 heteroatoms. The molecule has 0 aromatic rings. The summed E-state index contributed by atoms with van der Waals surface area (Å²) in [6.07, 6.45) is 0.132. The van der Waals surface area contributed by atoms with E-state index in [-0.39, 0.29) is 29.4 Å². The number of Topliss-reactive ketones (excluding diaryl/α,β-unsaturated/α-hetero) is 1. The molecule has 0 aromatic carbocycles. The summed E-state index contributed by atoms with van der Waals surface area (Å²) in [6.45, 7) is 9.07. The minimum atomic E-state index is -2.65. The predicted molar refractivity (Wildman–Crippen MR) is 72.0 cm³/mol. The molecule has 1 heterocycles. The van der Waals surface area contributed by atoms with Crippen LogP contribution in [0.1, 0.15) is 34.1 Å². The third-order valence-electron chi connectivity index (χ3n) is 3.40. The summed E-state index contributed by atoms with van der Waals surface area (Å²) in [5.41, 5.74) is -0.372. The van der Waals surface area contributed by atoms with E-state index in [0.717, 1.165) is 6.08 Å². The SMILES string of the molecule is CC(=O)CC(F)=CC1CO[Si](C)(C(C)(C)C)C(=O)O1. The van der Waals surface area contributed by atoms with Gasteiger partial charge in [0.25, 0.3) is 0 Å². The molecule has 1 rings (SSSR count). The van der Waals surface area contributed by atoms with Crippen molar-refractivity contribution < 1.29 is 23.1 Å². The molecule has 108 valence electrons. The Bertz CT molecular complexity index is 413. The Morgan fingerprint density at radius 2 is 2.11 bits per heavy atom. The quantitative estimate of drug-likeness (QED) is 0.748. The lowest BCUT2D eigenvalue weighted by Crippen LogP contribution is -2.58. The standard InChI is InChI=1S/C13H21FO4Si/c1-9(15)6-10(14)7-11-8-17-19(5,12(16)18-11)13(2,3)4/h7,11H,6,8H2,1-5H3. The van der Waals surface area contributed by atoms with Crippen LogP contribution in [0.5, 0.6) is 0 Å². The number of ether oxygens (including phenoxy) is 1. The molecule has 0 radical (unpaired) electrons. The summed E-state index contributed by atoms with van der Waals surface area (Å²) < 4.78 is 24.4. The highest BCUT2D eigenvalue weighted by atomic mass is 28.4. The number of rotatable bonds is 3. The molecule has 0 amide bonds. The first-order chi connectivity index (χ1) is 8.56. The molecule has 0 aromatic heterocycles. The Kier molecular flexibility index (Phi) is 4.68. The van der Waals surface area contributed by atoms with Crippen LogP contribution in [-0.2, 0) is 14.0 Å². The molecule has 1 fully saturated rings. The van der Waals surface area contributed by atoms with E-state index in [4.69, 9.17) is 9.16 Å². The van der Waals surface area contributed by atoms with Gasteiger partial charge in [0, 0.05) is 0 Å². The zero-order valence-corrected chi connectivity index (χ0v) is 13.1. The first-order valence-corrected chi connectivity index (χ1v) is 8.68. The first-order valence-electron chi connectivity index (χ1n) is 6.27. The summed E-state index contributed by atoms with van der Waals surface area (Å²) >= 11 is 0. The molecule has 19 heavy (non-hydrogen) atoms. The molecule has 1 saturated heterocycles. The van der Waals surface area contributed by atoms with Gasteiger partial charge in [0.2, 0.25) is 0 Å². The van der Waals surface area contributed by atoms with E-state index in [1.165, 1.54) is 6.92 Å². The number of hydrogen-bond donors (Lipinski definition) is 0. The third-order valence-corrected chi connectivity index (χ3v) is 7.90. The Hall–Kier alpha value is -1.01. The molecule has 4 nitrogen and oxygen atoms in total. The smallest absolute Gasteiger partial charge is 0.320 e. The summed E-state index contributed by atoms with van der Waals surface area (Å²) in [6, 6.07) is 0. The van der Waals surface area contributed by atoms with Crippen LogP contribution in [0.4, 0.5) is 9.18 Å². The van der Waals surface area contributed by atoms with E-state index in [1.807, 2.05) is 20.8 Å². The zero-order valence-electron chi connectivity index (χ0n) is 12.1. The second kappa shape index (κ2) is 5.54. The topological polar surface area (TPSA) is 52.6 Å². The molecule has 0 spiro atoms. The minimum Gasteiger partial charge on any atom is -0.458 e. The molecule has 0 N–H and O–H groups in total. The molecule has 1 aliphatic heterocycles. The van der Waals surface area contributed by atoms with Crippen molar-refractivity contribution >= 4 is 19.7 Å². The van der Waals surface area contributed by atoms with Gasteiger partial charge in [0.1, 0.15) is 17.7 Å². The van der Waals surface area contributed by atoms with Crippen molar-refractivity contribution in [2.24, 2.45) is 0 Å². The lowest BCUT2D eigenvalue weighted by molar-refractivity contribution is -0.116. The van der Waals surface area contributed by atoms with E-state index in [1.54, 1.807) is 6.55 Å². The van der Waals surface area contributed by atoms with Crippen molar-refractivity contribution in [3.05, 3.63) is 11.9 Å². The zero-order chi connectivity index (χ0) is 14.8. The fourth-order valence-electron chi connectivity index (χ4n) is 1.69. The average molecular weight is 288 g/mol. The molecule has 0 bridgehead atoms. The monoisotopic (exact) mass is 288 g/mol. The van der Waals surface area contributed by atoms with Gasteiger partial charge in [0.05, 0.1) is 13.0 Å². The van der Waals surface area contributed by atoms with Gasteiger partial charge in [-0.1, -0.05) is 20.8 Å². The van der Waals surface area contributed by atoms with Crippen LogP contribution in [0.25, 0.3) is 0 Å². The van der Waals surface area contributed by atoms with E-state index >= 15 is 0 Å². The minimum absolute atomic E-state index is 0.150. The van der Waals surface area contributed by atoms with Crippen LogP contribution in [0.3, 0.4) is 0 Å². The van der Waals surface area contributed by atoms with Crippen LogP contribution < -0.4 is 0 Å². The summed E-state index contributed by atoms with van der Waals surface area (Å²) in [4.78, 5) is 22.9. The van der Waals surface area contributed by atoms with E-state index < -0.39 is 20.2 Å². The van der Waals surface area contributed by atoms with E-state index in [2.05, 4.69) is 0 Å². The van der Waals surface area contributed by atoms with Gasteiger partial charge in [0.15, 0.2) is 0 Å². The maximum Gasteiger partial charge on any atom is 0.320 e. The Morgan fingerprint density at radius 1 is 1.53 bits per heavy atom. The predicted octanol–water partition coefficient (Wildman–Crippen LogP) is 3.31. The van der Waals surface area contributed by atoms with Gasteiger partial charge in [-0.3, -0.25) is 9.59 Å². The highest BCUT2D eigenvalue weighted by molar-refractivity contribution is 7.01. The highest BCUT2D eigenvalue weighted by Gasteiger charge is 2.54. The lowest BCUT2D eigenvalue weighted by Gasteiger charge is -2.41. The summed E-state index contributed by atoms with van der Waals surface area (Å²) in [5.74, 6) is -0.861. The van der Waals surface area contributed by atoms with Crippen LogP contribution in [-0.4, -0.2) is 32.4 Å². The largest absolute Gasteiger partial charge is 0.458 e. The maximum atomic E-state index is 13.4. The number of allylic oxidation sites excluding steroid dienone is 1. The van der Waals surface area contributed by atoms with Crippen LogP contribution in [0, 0.1) is 0 Å². The van der Waals surface area contributed by atoms with Gasteiger partial charge in [-0.05, 0) is 24.6 Å². The molecule has 0 saturated carbocycles. The lowest BCUT2D eigenvalue weighted by atomic mass is 10.2. The molecule has 2 unspecified atom stereocenters. The van der Waals surface area contributed by atoms with Crippen molar-refractivity contribution in [1.82, 2.24) is 0 Å². The van der Waals surface area contributed by atoms with Crippen molar-refractivity contribution in [3.8, 4) is 0 Å². The molecular weight excluding hydrogens is 267 g/mol. The normalized spacial score (nSPS) is 29.1. The van der Waals surface area contributed by atoms with Crippen LogP contribution in [0.15, 0.2) is 11.9 Å². The first kappa shape index (κ1) is 16.0. The number of halogens is 1. The van der Waals surface area contributed by atoms with Crippen molar-refractivity contribution in [2.45, 2.75) is 51.8 Å². The van der Waals surface area contributed by atoms with E-state index in [9.17, 15) is 14.0 Å². The molecule has 2 atom stereocenters. The molecule has 1 aliphatic rings. The fourth-order valence-corrected chi connectivity index (χ4v) is 3.73. The number of ketones is 1. The molecular formula is C13H21FO4Si. The summed E-state index contributed by atoms with van der Waals surface area (Å²) in [5, 5.41) is -0.281. The van der Waals surface area contributed by atoms with Gasteiger partial charge in [-0.15, -0.1) is 0 Å². The number of hydrogen-bond acceptors (Lipinski definition) is 4. The van der Waals surface area contributed by atoms with Crippen LogP contribution in [0.2, 0.25) is 11.6 Å². The van der Waals surface area contributed by atoms with Crippen molar-refractivity contribution in [2.75, 3.05) is 6.61 Å². The average Bonchev–Trinajstić information content (AvgIpc) is 2.20. The second-order valence-corrected chi connectivity index (χ2v) is 10.3. The number of carbonyl (C=O) groups is 2. The van der Waals surface area contributed by atoms with Gasteiger partial charge < -0.3 is 9.16 Å². The second-order valence-electron chi connectivity index (χ2n) is 6.03. The maximum absolute atomic E-state index is 13.4. The highest BCUT2D eigenvalue weighted by Crippen LogP contribution is 2.40. The number of cyclic esters (lactones) is 1. The Balaban J connectivity index is 2.75. The summed E-state index contributed by atoms with van der Waals surface area (Å²) in [7, 11) is -2.65. The Morgan fingerprint density at radius 3 is 2.53 bits per heavy atom.